The predicted molar refractivity (Wildman–Crippen MR) is 116 cm³/mol. The zero-order valence-corrected chi connectivity index (χ0v) is 17.6. The van der Waals surface area contributed by atoms with E-state index in [1.165, 1.54) is 34.1 Å². The average molecular weight is 427 g/mol. The third-order valence-electron chi connectivity index (χ3n) is 4.98. The minimum atomic E-state index is -0.440. The summed E-state index contributed by atoms with van der Waals surface area (Å²) in [4.78, 5) is 41.8. The Morgan fingerprint density at radius 3 is 2.32 bits per heavy atom. The highest BCUT2D eigenvalue weighted by molar-refractivity contribution is 5.94. The molecule has 2 N–H and O–H groups in total. The summed E-state index contributed by atoms with van der Waals surface area (Å²) in [5, 5.41) is 5.45. The molecular weight excluding hydrogens is 401 g/mol. The highest BCUT2D eigenvalue weighted by Gasteiger charge is 2.28. The molecule has 31 heavy (non-hydrogen) atoms. The lowest BCUT2D eigenvalue weighted by Crippen LogP contribution is -2.55. The highest BCUT2D eigenvalue weighted by Crippen LogP contribution is 2.13. The van der Waals surface area contributed by atoms with Crippen LogP contribution in [0.5, 0.6) is 0 Å². The number of nitrogens with zero attached hydrogens (tertiary/aromatic N) is 3. The molecule has 2 aromatic carbocycles. The first-order valence-electron chi connectivity index (χ1n) is 9.94. The van der Waals surface area contributed by atoms with Gasteiger partial charge in [0.05, 0.1) is 6.54 Å². The monoisotopic (exact) mass is 427 g/mol. The van der Waals surface area contributed by atoms with Crippen LogP contribution in [0.2, 0.25) is 0 Å². The summed E-state index contributed by atoms with van der Waals surface area (Å²) in [6, 6.07) is 12.8. The lowest BCUT2D eigenvalue weighted by molar-refractivity contribution is -0.139. The maximum absolute atomic E-state index is 13.0. The fourth-order valence-electron chi connectivity index (χ4n) is 3.13. The molecule has 0 atom stereocenters. The fraction of sp³-hybridized carbons (Fsp3) is 0.318. The number of amides is 4. The Morgan fingerprint density at radius 1 is 1.03 bits per heavy atom. The Morgan fingerprint density at radius 2 is 1.71 bits per heavy atom. The molecule has 0 unspecified atom stereocenters. The molecule has 1 saturated heterocycles. The van der Waals surface area contributed by atoms with Crippen molar-refractivity contribution in [3.63, 3.8) is 0 Å². The van der Waals surface area contributed by atoms with Gasteiger partial charge >= 0.3 is 6.03 Å². The summed E-state index contributed by atoms with van der Waals surface area (Å²) in [5.74, 6) is -0.953. The van der Waals surface area contributed by atoms with Crippen molar-refractivity contribution in [1.82, 2.24) is 15.1 Å². The van der Waals surface area contributed by atoms with Gasteiger partial charge in [-0.2, -0.15) is 0 Å². The van der Waals surface area contributed by atoms with Crippen LogP contribution in [-0.2, 0) is 16.1 Å². The molecule has 0 aliphatic carbocycles. The molecule has 0 bridgehead atoms. The van der Waals surface area contributed by atoms with E-state index in [-0.39, 0.29) is 31.4 Å². The smallest absolute Gasteiger partial charge is 0.322 e. The van der Waals surface area contributed by atoms with E-state index < -0.39 is 11.8 Å². The summed E-state index contributed by atoms with van der Waals surface area (Å²) in [5.41, 5.74) is 2.48. The number of carbonyl (C=O) groups excluding carboxylic acids is 3. The molecule has 2 aromatic rings. The molecule has 164 valence electrons. The van der Waals surface area contributed by atoms with E-state index in [0.717, 1.165) is 11.3 Å². The molecular formula is C22H26FN5O3. The third kappa shape index (κ3) is 6.18. The largest absolute Gasteiger partial charge is 0.378 e. The van der Waals surface area contributed by atoms with E-state index in [0.29, 0.717) is 18.8 Å². The standard InChI is InChI=1S/C22H26FN5O3/c1-26(2)19-9-3-16(4-10-19)13-24-20(29)14-27-11-12-28(15-21(27)30)22(31)25-18-7-5-17(23)6-8-18/h3-10H,11-15H2,1-2H3,(H,24,29)(H,25,31). The molecule has 0 saturated carbocycles. The molecule has 0 aromatic heterocycles. The Kier molecular flexibility index (Phi) is 7.07. The van der Waals surface area contributed by atoms with Crippen molar-refractivity contribution in [2.45, 2.75) is 6.54 Å². The topological polar surface area (TPSA) is 85.0 Å². The maximum Gasteiger partial charge on any atom is 0.322 e. The summed E-state index contributed by atoms with van der Waals surface area (Å²) in [6.45, 7) is 0.772. The molecule has 1 fully saturated rings. The third-order valence-corrected chi connectivity index (χ3v) is 4.98. The van der Waals surface area contributed by atoms with Crippen molar-refractivity contribution >= 4 is 29.2 Å². The van der Waals surface area contributed by atoms with Crippen molar-refractivity contribution in [3.8, 4) is 0 Å². The van der Waals surface area contributed by atoms with Crippen molar-refractivity contribution in [1.29, 1.82) is 0 Å². The van der Waals surface area contributed by atoms with Gasteiger partial charge in [-0.15, -0.1) is 0 Å². The van der Waals surface area contributed by atoms with Gasteiger partial charge in [0.15, 0.2) is 0 Å². The van der Waals surface area contributed by atoms with Gasteiger partial charge in [-0.1, -0.05) is 12.1 Å². The Balaban J connectivity index is 1.43. The van der Waals surface area contributed by atoms with Crippen LogP contribution in [0.1, 0.15) is 5.56 Å². The first-order valence-corrected chi connectivity index (χ1v) is 9.94. The van der Waals surface area contributed by atoms with Crippen LogP contribution in [0.25, 0.3) is 0 Å². The number of urea groups is 1. The quantitative estimate of drug-likeness (QED) is 0.737. The molecule has 4 amide bonds. The zero-order valence-electron chi connectivity index (χ0n) is 17.6. The number of benzene rings is 2. The number of piperazine rings is 1. The first-order chi connectivity index (χ1) is 14.8. The summed E-state index contributed by atoms with van der Waals surface area (Å²) in [6.07, 6.45) is 0. The lowest BCUT2D eigenvalue weighted by Gasteiger charge is -2.33. The summed E-state index contributed by atoms with van der Waals surface area (Å²) < 4.78 is 13.0. The minimum absolute atomic E-state index is 0.0535. The van der Waals surface area contributed by atoms with Gasteiger partial charge in [-0.3, -0.25) is 9.59 Å². The maximum atomic E-state index is 13.0. The minimum Gasteiger partial charge on any atom is -0.378 e. The van der Waals surface area contributed by atoms with Gasteiger partial charge in [-0.05, 0) is 42.0 Å². The van der Waals surface area contributed by atoms with Gasteiger partial charge in [0.1, 0.15) is 12.4 Å². The SMILES string of the molecule is CN(C)c1ccc(CNC(=O)CN2CCN(C(=O)Nc3ccc(F)cc3)CC2=O)cc1. The van der Waals surface area contributed by atoms with Crippen molar-refractivity contribution in [3.05, 3.63) is 59.9 Å². The van der Waals surface area contributed by atoms with Crippen LogP contribution in [0.4, 0.5) is 20.6 Å². The van der Waals surface area contributed by atoms with E-state index in [1.54, 1.807) is 0 Å². The van der Waals surface area contributed by atoms with Crippen molar-refractivity contribution in [2.75, 3.05) is 50.5 Å². The molecule has 0 spiro atoms. The highest BCUT2D eigenvalue weighted by atomic mass is 19.1. The molecule has 1 heterocycles. The molecule has 9 heteroatoms. The predicted octanol–water partition coefficient (Wildman–Crippen LogP) is 1.88. The molecule has 8 nitrogen and oxygen atoms in total. The number of halogens is 1. The number of carbonyl (C=O) groups is 3. The second kappa shape index (κ2) is 9.92. The van der Waals surface area contributed by atoms with Crippen molar-refractivity contribution in [2.24, 2.45) is 0 Å². The number of hydrogen-bond acceptors (Lipinski definition) is 4. The molecule has 1 aliphatic rings. The average Bonchev–Trinajstić information content (AvgIpc) is 2.75. The van der Waals surface area contributed by atoms with E-state index in [4.69, 9.17) is 0 Å². The van der Waals surface area contributed by atoms with E-state index in [1.807, 2.05) is 43.3 Å². The van der Waals surface area contributed by atoms with Gasteiger partial charge < -0.3 is 25.3 Å². The zero-order chi connectivity index (χ0) is 22.4. The van der Waals surface area contributed by atoms with E-state index in [9.17, 15) is 18.8 Å². The van der Waals surface area contributed by atoms with Crippen LogP contribution < -0.4 is 15.5 Å². The summed E-state index contributed by atoms with van der Waals surface area (Å²) >= 11 is 0. The van der Waals surface area contributed by atoms with Gasteiger partial charge in [0.2, 0.25) is 11.8 Å². The van der Waals surface area contributed by atoms with Gasteiger partial charge in [0.25, 0.3) is 0 Å². The van der Waals surface area contributed by atoms with Crippen LogP contribution in [-0.4, -0.2) is 67.9 Å². The number of rotatable bonds is 6. The molecule has 1 aliphatic heterocycles. The molecule has 0 radical (unpaired) electrons. The van der Waals surface area contributed by atoms with Gasteiger partial charge in [-0.25, -0.2) is 9.18 Å². The number of anilines is 2. The van der Waals surface area contributed by atoms with Gasteiger partial charge in [0, 0.05) is 45.1 Å². The van der Waals surface area contributed by atoms with Crippen molar-refractivity contribution < 1.29 is 18.8 Å². The Labute approximate surface area is 180 Å². The Hall–Kier alpha value is -3.62. The van der Waals surface area contributed by atoms with Crippen LogP contribution in [0, 0.1) is 5.82 Å². The van der Waals surface area contributed by atoms with Crippen LogP contribution in [0.3, 0.4) is 0 Å². The lowest BCUT2D eigenvalue weighted by atomic mass is 10.2. The number of nitrogens with one attached hydrogen (secondary N) is 2. The van der Waals surface area contributed by atoms with E-state index >= 15 is 0 Å². The second-order valence-electron chi connectivity index (χ2n) is 7.51. The second-order valence-corrected chi connectivity index (χ2v) is 7.51. The van der Waals surface area contributed by atoms with E-state index in [2.05, 4.69) is 10.6 Å². The van der Waals surface area contributed by atoms with Crippen LogP contribution >= 0.6 is 0 Å². The molecule has 3 rings (SSSR count). The van der Waals surface area contributed by atoms with Crippen LogP contribution in [0.15, 0.2) is 48.5 Å². The first kappa shape index (κ1) is 22.1. The summed E-state index contributed by atoms with van der Waals surface area (Å²) in [7, 11) is 3.92. The normalized spacial score (nSPS) is 13.7. The number of hydrogen-bond donors (Lipinski definition) is 2. The Bertz CT molecular complexity index is 931. The fourth-order valence-corrected chi connectivity index (χ4v) is 3.13.